The number of fused-ring (bicyclic) bond motifs is 3. The van der Waals surface area contributed by atoms with Gasteiger partial charge in [0, 0.05) is 15.6 Å². The highest BCUT2D eigenvalue weighted by Gasteiger charge is 2.74. The number of rotatable bonds is 2. The second-order valence-electron chi connectivity index (χ2n) is 9.32. The van der Waals surface area contributed by atoms with Crippen molar-refractivity contribution in [3.63, 3.8) is 0 Å². The third-order valence-corrected chi connectivity index (χ3v) is 7.94. The number of amides is 2. The van der Waals surface area contributed by atoms with Gasteiger partial charge in [-0.15, -0.1) is 0 Å². The fraction of sp³-hybridized carbons (Fsp3) is 0.214. The minimum atomic E-state index is -2.07. The molecule has 1 spiro atoms. The van der Waals surface area contributed by atoms with Gasteiger partial charge >= 0.3 is 0 Å². The lowest BCUT2D eigenvalue weighted by Crippen LogP contribution is -2.51. The van der Waals surface area contributed by atoms with E-state index in [1.54, 1.807) is 54.6 Å². The Morgan fingerprint density at radius 3 is 2.11 bits per heavy atom. The van der Waals surface area contributed by atoms with Crippen molar-refractivity contribution in [1.82, 2.24) is 0 Å². The zero-order valence-corrected chi connectivity index (χ0v) is 20.5. The van der Waals surface area contributed by atoms with E-state index in [0.717, 1.165) is 20.5 Å². The number of ketones is 2. The number of benzene rings is 3. The van der Waals surface area contributed by atoms with Crippen LogP contribution in [-0.2, 0) is 14.3 Å². The highest BCUT2D eigenvalue weighted by Crippen LogP contribution is 2.57. The van der Waals surface area contributed by atoms with E-state index < -0.39 is 46.9 Å². The zero-order valence-electron chi connectivity index (χ0n) is 18.9. The van der Waals surface area contributed by atoms with Crippen LogP contribution in [0.3, 0.4) is 0 Å². The van der Waals surface area contributed by atoms with Crippen LogP contribution in [0.15, 0.2) is 71.2 Å². The first-order chi connectivity index (χ1) is 16.8. The van der Waals surface area contributed by atoms with E-state index in [9.17, 15) is 19.2 Å². The number of carbonyl (C=O) groups excluding carboxylic acids is 4. The number of Topliss-reactive ketones (excluding diaryl/α,β-unsaturated/α-hetero) is 2. The van der Waals surface area contributed by atoms with Gasteiger partial charge in [0.05, 0.1) is 23.6 Å². The molecule has 35 heavy (non-hydrogen) atoms. The number of hydrogen-bond donors (Lipinski definition) is 0. The Bertz CT molecular complexity index is 1440. The second kappa shape index (κ2) is 7.54. The number of aryl methyl sites for hydroxylation is 2. The molecule has 174 valence electrons. The Labute approximate surface area is 210 Å². The van der Waals surface area contributed by atoms with Crippen LogP contribution < -0.4 is 4.90 Å². The van der Waals surface area contributed by atoms with E-state index in [1.807, 2.05) is 26.0 Å². The van der Waals surface area contributed by atoms with Gasteiger partial charge in [-0.05, 0) is 54.8 Å². The molecule has 2 saturated heterocycles. The molecule has 0 bridgehead atoms. The molecule has 0 N–H and O–H groups in total. The third-order valence-electron chi connectivity index (χ3n) is 7.44. The molecular weight excluding hydrogens is 510 g/mol. The largest absolute Gasteiger partial charge is 0.349 e. The summed E-state index contributed by atoms with van der Waals surface area (Å²) in [6.07, 6.45) is -0.937. The molecule has 3 atom stereocenters. The van der Waals surface area contributed by atoms with Gasteiger partial charge in [-0.3, -0.25) is 19.2 Å². The van der Waals surface area contributed by atoms with Gasteiger partial charge in [0.2, 0.25) is 29.0 Å². The van der Waals surface area contributed by atoms with Crippen molar-refractivity contribution in [1.29, 1.82) is 0 Å². The number of nitrogens with zero attached hydrogens (tertiary/aromatic N) is 1. The van der Waals surface area contributed by atoms with Crippen molar-refractivity contribution in [2.45, 2.75) is 25.6 Å². The standard InChI is InChI=1S/C28H20BrNO5/c1-14-10-11-18(12-15(14)2)30-26(33)21-22(27(30)34)28(35-23(21)16-6-5-7-17(29)13-16)24(31)19-8-3-4-9-20(19)25(28)32/h3-13,21-23H,1-2H3. The van der Waals surface area contributed by atoms with E-state index in [2.05, 4.69) is 15.9 Å². The molecule has 1 aliphatic carbocycles. The zero-order chi connectivity index (χ0) is 24.6. The second-order valence-corrected chi connectivity index (χ2v) is 10.2. The maximum absolute atomic E-state index is 14.0. The number of anilines is 1. The lowest BCUT2D eigenvalue weighted by Gasteiger charge is -2.27. The maximum atomic E-state index is 14.0. The molecule has 3 unspecified atom stereocenters. The lowest BCUT2D eigenvalue weighted by atomic mass is 9.77. The molecular formula is C28H20BrNO5. The summed E-state index contributed by atoms with van der Waals surface area (Å²) in [7, 11) is 0. The molecule has 6 rings (SSSR count). The Morgan fingerprint density at radius 2 is 1.49 bits per heavy atom. The lowest BCUT2D eigenvalue weighted by molar-refractivity contribution is -0.127. The number of hydrogen-bond acceptors (Lipinski definition) is 5. The van der Waals surface area contributed by atoms with Crippen molar-refractivity contribution < 1.29 is 23.9 Å². The predicted octanol–water partition coefficient (Wildman–Crippen LogP) is 4.76. The van der Waals surface area contributed by atoms with Crippen LogP contribution in [0.4, 0.5) is 5.69 Å². The SMILES string of the molecule is Cc1ccc(N2C(=O)C3C(c4cccc(Br)c4)OC4(C(=O)c5ccccc5C4=O)C3C2=O)cc1C. The van der Waals surface area contributed by atoms with E-state index >= 15 is 0 Å². The molecule has 3 aromatic rings. The highest BCUT2D eigenvalue weighted by molar-refractivity contribution is 9.10. The monoisotopic (exact) mass is 529 g/mol. The minimum Gasteiger partial charge on any atom is -0.349 e. The molecule has 2 fully saturated rings. The highest BCUT2D eigenvalue weighted by atomic mass is 79.9. The summed E-state index contributed by atoms with van der Waals surface area (Å²) in [5, 5.41) is 0. The molecule has 0 radical (unpaired) electrons. The molecule has 6 nitrogen and oxygen atoms in total. The molecule has 0 aromatic heterocycles. The molecule has 7 heteroatoms. The van der Waals surface area contributed by atoms with Crippen LogP contribution in [0.5, 0.6) is 0 Å². The smallest absolute Gasteiger partial charge is 0.241 e. The number of ether oxygens (including phenoxy) is 1. The maximum Gasteiger partial charge on any atom is 0.241 e. The van der Waals surface area contributed by atoms with Crippen LogP contribution >= 0.6 is 15.9 Å². The van der Waals surface area contributed by atoms with Gasteiger partial charge in [-0.25, -0.2) is 4.90 Å². The van der Waals surface area contributed by atoms with Gasteiger partial charge in [0.1, 0.15) is 0 Å². The number of carbonyl (C=O) groups is 4. The van der Waals surface area contributed by atoms with Crippen molar-refractivity contribution >= 4 is 45.0 Å². The van der Waals surface area contributed by atoms with E-state index in [-0.39, 0.29) is 11.1 Å². The summed E-state index contributed by atoms with van der Waals surface area (Å²) in [5.74, 6) is -4.45. The van der Waals surface area contributed by atoms with Crippen LogP contribution in [0.1, 0.15) is 43.5 Å². The average molecular weight is 530 g/mol. The molecule has 3 aromatic carbocycles. The third kappa shape index (κ3) is 2.85. The van der Waals surface area contributed by atoms with Crippen molar-refractivity contribution in [2.75, 3.05) is 4.90 Å². The number of halogens is 1. The number of imide groups is 1. The van der Waals surface area contributed by atoms with Gasteiger partial charge < -0.3 is 4.74 Å². The molecule has 2 heterocycles. The quantitative estimate of drug-likeness (QED) is 0.353. The summed E-state index contributed by atoms with van der Waals surface area (Å²) in [6.45, 7) is 3.85. The molecule has 2 aliphatic heterocycles. The Kier molecular flexibility index (Phi) is 4.75. The van der Waals surface area contributed by atoms with E-state index in [4.69, 9.17) is 4.74 Å². The van der Waals surface area contributed by atoms with Gasteiger partial charge in [-0.1, -0.05) is 58.4 Å². The molecule has 2 amide bonds. The first-order valence-electron chi connectivity index (χ1n) is 11.3. The van der Waals surface area contributed by atoms with Crippen LogP contribution in [0.2, 0.25) is 0 Å². The van der Waals surface area contributed by atoms with Crippen LogP contribution in [0.25, 0.3) is 0 Å². The summed E-state index contributed by atoms with van der Waals surface area (Å²) in [4.78, 5) is 56.5. The molecule has 0 saturated carbocycles. The fourth-order valence-electron chi connectivity index (χ4n) is 5.62. The van der Waals surface area contributed by atoms with Gasteiger partial charge in [0.25, 0.3) is 0 Å². The van der Waals surface area contributed by atoms with Crippen LogP contribution in [-0.4, -0.2) is 29.0 Å². The molecule has 3 aliphatic rings. The Morgan fingerprint density at radius 1 is 0.800 bits per heavy atom. The van der Waals surface area contributed by atoms with Crippen molar-refractivity contribution in [3.8, 4) is 0 Å². The van der Waals surface area contributed by atoms with Gasteiger partial charge in [0.15, 0.2) is 0 Å². The first-order valence-corrected chi connectivity index (χ1v) is 12.1. The Hall–Kier alpha value is -3.42. The van der Waals surface area contributed by atoms with Crippen molar-refractivity contribution in [3.05, 3.63) is 99.0 Å². The predicted molar refractivity (Wildman–Crippen MR) is 131 cm³/mol. The summed E-state index contributed by atoms with van der Waals surface area (Å²) in [5.41, 5.74) is 1.36. The summed E-state index contributed by atoms with van der Waals surface area (Å²) >= 11 is 3.44. The van der Waals surface area contributed by atoms with Crippen molar-refractivity contribution in [2.24, 2.45) is 11.8 Å². The topological polar surface area (TPSA) is 80.8 Å². The van der Waals surface area contributed by atoms with Crippen LogP contribution in [0, 0.1) is 25.7 Å². The summed E-state index contributed by atoms with van der Waals surface area (Å²) in [6, 6.07) is 19.0. The van der Waals surface area contributed by atoms with E-state index in [0.29, 0.717) is 11.3 Å². The normalized spacial score (nSPS) is 24.4. The fourth-order valence-corrected chi connectivity index (χ4v) is 6.04. The first kappa shape index (κ1) is 22.1. The summed E-state index contributed by atoms with van der Waals surface area (Å²) < 4.78 is 7.06. The minimum absolute atomic E-state index is 0.219. The average Bonchev–Trinajstić information content (AvgIpc) is 3.41. The Balaban J connectivity index is 1.55. The van der Waals surface area contributed by atoms with E-state index in [1.165, 1.54) is 0 Å². The van der Waals surface area contributed by atoms with Gasteiger partial charge in [-0.2, -0.15) is 0 Å².